The van der Waals surface area contributed by atoms with Gasteiger partial charge in [-0.3, -0.25) is 0 Å². The molecule has 19 heavy (non-hydrogen) atoms. The van der Waals surface area contributed by atoms with Crippen LogP contribution < -0.4 is 10.1 Å². The van der Waals surface area contributed by atoms with Crippen molar-refractivity contribution in [3.63, 3.8) is 0 Å². The summed E-state index contributed by atoms with van der Waals surface area (Å²) in [6.45, 7) is 8.76. The predicted octanol–water partition coefficient (Wildman–Crippen LogP) is 2.78. The van der Waals surface area contributed by atoms with Crippen molar-refractivity contribution < 1.29 is 9.47 Å². The topological polar surface area (TPSA) is 43.4 Å². The van der Waals surface area contributed by atoms with Crippen LogP contribution in [0.4, 0.5) is 0 Å². The van der Waals surface area contributed by atoms with E-state index in [1.807, 2.05) is 12.1 Å². The van der Waals surface area contributed by atoms with Crippen molar-refractivity contribution >= 4 is 0 Å². The Hall–Kier alpha value is -1.13. The molecule has 0 fully saturated rings. The number of rotatable bonds is 9. The van der Waals surface area contributed by atoms with E-state index in [1.54, 1.807) is 13.3 Å². The Morgan fingerprint density at radius 3 is 2.84 bits per heavy atom. The second kappa shape index (κ2) is 8.12. The monoisotopic (exact) mass is 266 g/mol. The van der Waals surface area contributed by atoms with E-state index >= 15 is 0 Å². The smallest absolute Gasteiger partial charge is 0.213 e. The molecule has 1 N–H and O–H groups in total. The van der Waals surface area contributed by atoms with Crippen LogP contribution in [0.2, 0.25) is 0 Å². The molecule has 0 saturated heterocycles. The number of hydrogen-bond acceptors (Lipinski definition) is 4. The van der Waals surface area contributed by atoms with Crippen LogP contribution in [0.5, 0.6) is 5.88 Å². The van der Waals surface area contributed by atoms with E-state index in [0.29, 0.717) is 12.5 Å². The summed E-state index contributed by atoms with van der Waals surface area (Å²) >= 11 is 0. The van der Waals surface area contributed by atoms with Gasteiger partial charge in [-0.1, -0.05) is 6.92 Å². The Morgan fingerprint density at radius 2 is 2.16 bits per heavy atom. The van der Waals surface area contributed by atoms with E-state index in [2.05, 4.69) is 31.1 Å². The molecule has 0 saturated carbocycles. The highest BCUT2D eigenvalue weighted by atomic mass is 16.5. The first-order valence-electron chi connectivity index (χ1n) is 6.91. The SMILES string of the molecule is CCCNCc1ccnc(OCCC(C)(C)OC)c1. The van der Waals surface area contributed by atoms with Crippen molar-refractivity contribution in [1.29, 1.82) is 0 Å². The number of methoxy groups -OCH3 is 1. The number of nitrogens with zero attached hydrogens (tertiary/aromatic N) is 1. The van der Waals surface area contributed by atoms with Crippen molar-refractivity contribution in [1.82, 2.24) is 10.3 Å². The molecular formula is C15H26N2O2. The van der Waals surface area contributed by atoms with Gasteiger partial charge in [-0.2, -0.15) is 0 Å². The summed E-state index contributed by atoms with van der Waals surface area (Å²) in [5, 5.41) is 3.36. The Balaban J connectivity index is 2.39. The van der Waals surface area contributed by atoms with E-state index in [4.69, 9.17) is 9.47 Å². The second-order valence-corrected chi connectivity index (χ2v) is 5.24. The average Bonchev–Trinajstić information content (AvgIpc) is 2.39. The van der Waals surface area contributed by atoms with Gasteiger partial charge in [0.1, 0.15) is 0 Å². The maximum Gasteiger partial charge on any atom is 0.213 e. The van der Waals surface area contributed by atoms with Crippen LogP contribution in [-0.2, 0) is 11.3 Å². The first kappa shape index (κ1) is 15.9. The minimum Gasteiger partial charge on any atom is -0.478 e. The van der Waals surface area contributed by atoms with Crippen LogP contribution in [0.1, 0.15) is 39.2 Å². The van der Waals surface area contributed by atoms with E-state index in [9.17, 15) is 0 Å². The van der Waals surface area contributed by atoms with Crippen molar-refractivity contribution in [2.45, 2.75) is 45.8 Å². The number of nitrogens with one attached hydrogen (secondary N) is 1. The van der Waals surface area contributed by atoms with E-state index in [1.165, 1.54) is 5.56 Å². The summed E-state index contributed by atoms with van der Waals surface area (Å²) in [6, 6.07) is 4.00. The molecule has 1 rings (SSSR count). The molecule has 0 spiro atoms. The third-order valence-corrected chi connectivity index (χ3v) is 3.06. The van der Waals surface area contributed by atoms with Crippen LogP contribution in [0.3, 0.4) is 0 Å². The lowest BCUT2D eigenvalue weighted by molar-refractivity contribution is 0.00508. The normalized spacial score (nSPS) is 11.6. The Kier molecular flexibility index (Phi) is 6.81. The molecular weight excluding hydrogens is 240 g/mol. The molecule has 0 aliphatic heterocycles. The maximum atomic E-state index is 5.67. The lowest BCUT2D eigenvalue weighted by Gasteiger charge is -2.22. The third-order valence-electron chi connectivity index (χ3n) is 3.06. The van der Waals surface area contributed by atoms with Crippen LogP contribution >= 0.6 is 0 Å². The summed E-state index contributed by atoms with van der Waals surface area (Å²) in [6.07, 6.45) is 3.77. The minimum atomic E-state index is -0.152. The molecule has 0 bridgehead atoms. The summed E-state index contributed by atoms with van der Waals surface area (Å²) in [5.74, 6) is 0.683. The molecule has 0 unspecified atom stereocenters. The fraction of sp³-hybridized carbons (Fsp3) is 0.667. The second-order valence-electron chi connectivity index (χ2n) is 5.24. The van der Waals surface area contributed by atoms with E-state index < -0.39 is 0 Å². The summed E-state index contributed by atoms with van der Waals surface area (Å²) in [5.41, 5.74) is 1.05. The standard InChI is InChI=1S/C15H26N2O2/c1-5-8-16-12-13-6-9-17-14(11-13)19-10-7-15(2,3)18-4/h6,9,11,16H,5,7-8,10,12H2,1-4H3. The van der Waals surface area contributed by atoms with Gasteiger partial charge in [0.05, 0.1) is 12.2 Å². The van der Waals surface area contributed by atoms with Gasteiger partial charge in [0.15, 0.2) is 0 Å². The van der Waals surface area contributed by atoms with Crippen LogP contribution in [0, 0.1) is 0 Å². The average molecular weight is 266 g/mol. The highest BCUT2D eigenvalue weighted by Crippen LogP contribution is 2.15. The molecule has 1 heterocycles. The fourth-order valence-electron chi connectivity index (χ4n) is 1.55. The summed E-state index contributed by atoms with van der Waals surface area (Å²) < 4.78 is 11.0. The molecule has 0 aliphatic carbocycles. The molecule has 0 radical (unpaired) electrons. The van der Waals surface area contributed by atoms with Crippen LogP contribution in [0.15, 0.2) is 18.3 Å². The molecule has 0 aromatic carbocycles. The van der Waals surface area contributed by atoms with Crippen LogP contribution in [-0.4, -0.2) is 30.8 Å². The number of ether oxygens (including phenoxy) is 2. The summed E-state index contributed by atoms with van der Waals surface area (Å²) in [4.78, 5) is 4.22. The Bertz CT molecular complexity index is 367. The summed E-state index contributed by atoms with van der Waals surface area (Å²) in [7, 11) is 1.72. The van der Waals surface area contributed by atoms with E-state index in [-0.39, 0.29) is 5.60 Å². The third kappa shape index (κ3) is 6.55. The van der Waals surface area contributed by atoms with Gasteiger partial charge in [-0.15, -0.1) is 0 Å². The fourth-order valence-corrected chi connectivity index (χ4v) is 1.55. The van der Waals surface area contributed by atoms with Crippen molar-refractivity contribution in [2.75, 3.05) is 20.3 Å². The van der Waals surface area contributed by atoms with Crippen molar-refractivity contribution in [2.24, 2.45) is 0 Å². The predicted molar refractivity (Wildman–Crippen MR) is 77.4 cm³/mol. The van der Waals surface area contributed by atoms with E-state index in [0.717, 1.165) is 25.9 Å². The quantitative estimate of drug-likeness (QED) is 0.698. The molecule has 0 atom stereocenters. The molecule has 108 valence electrons. The van der Waals surface area contributed by atoms with Gasteiger partial charge in [0.2, 0.25) is 5.88 Å². The molecule has 4 heteroatoms. The van der Waals surface area contributed by atoms with Crippen LogP contribution in [0.25, 0.3) is 0 Å². The molecule has 1 aromatic heterocycles. The first-order chi connectivity index (χ1) is 9.07. The van der Waals surface area contributed by atoms with Crippen molar-refractivity contribution in [3.05, 3.63) is 23.9 Å². The zero-order valence-corrected chi connectivity index (χ0v) is 12.5. The number of hydrogen-bond donors (Lipinski definition) is 1. The van der Waals surface area contributed by atoms with Gasteiger partial charge < -0.3 is 14.8 Å². The highest BCUT2D eigenvalue weighted by molar-refractivity contribution is 5.20. The molecule has 0 aliphatic rings. The number of aromatic nitrogens is 1. The van der Waals surface area contributed by atoms with Gasteiger partial charge >= 0.3 is 0 Å². The van der Waals surface area contributed by atoms with Gasteiger partial charge in [-0.25, -0.2) is 4.98 Å². The number of pyridine rings is 1. The zero-order chi connectivity index (χ0) is 14.1. The molecule has 1 aromatic rings. The van der Waals surface area contributed by atoms with Crippen molar-refractivity contribution in [3.8, 4) is 5.88 Å². The Morgan fingerprint density at radius 1 is 1.37 bits per heavy atom. The van der Waals surface area contributed by atoms with Gasteiger partial charge in [0.25, 0.3) is 0 Å². The molecule has 0 amide bonds. The lowest BCUT2D eigenvalue weighted by Crippen LogP contribution is -2.25. The molecule has 4 nitrogen and oxygen atoms in total. The Labute approximate surface area is 116 Å². The largest absolute Gasteiger partial charge is 0.478 e. The van der Waals surface area contributed by atoms with Gasteiger partial charge in [-0.05, 0) is 38.4 Å². The maximum absolute atomic E-state index is 5.67. The van der Waals surface area contributed by atoms with Gasteiger partial charge in [0, 0.05) is 32.3 Å². The first-order valence-corrected chi connectivity index (χ1v) is 6.91. The highest BCUT2D eigenvalue weighted by Gasteiger charge is 2.16. The lowest BCUT2D eigenvalue weighted by atomic mass is 10.1. The minimum absolute atomic E-state index is 0.152. The zero-order valence-electron chi connectivity index (χ0n) is 12.5.